The predicted molar refractivity (Wildman–Crippen MR) is 78.0 cm³/mol. The number of hydrogen-bond acceptors (Lipinski definition) is 3. The molecule has 0 radical (unpaired) electrons. The fourth-order valence-corrected chi connectivity index (χ4v) is 3.46. The zero-order valence-corrected chi connectivity index (χ0v) is 12.5. The van der Waals surface area contributed by atoms with Crippen LogP contribution in [0, 0.1) is 0 Å². The van der Waals surface area contributed by atoms with E-state index in [1.165, 1.54) is 51.9 Å². The highest BCUT2D eigenvalue weighted by Crippen LogP contribution is 2.22. The molecule has 106 valence electrons. The summed E-state index contributed by atoms with van der Waals surface area (Å²) in [5, 5.41) is 3.72. The first-order valence-corrected chi connectivity index (χ1v) is 7.96. The maximum atomic E-state index is 3.72. The first kappa shape index (κ1) is 14.3. The second-order valence-corrected chi connectivity index (χ2v) is 6.10. The molecule has 2 unspecified atom stereocenters. The molecule has 3 heteroatoms. The summed E-state index contributed by atoms with van der Waals surface area (Å²) in [5.74, 6) is 0. The van der Waals surface area contributed by atoms with E-state index in [-0.39, 0.29) is 0 Å². The van der Waals surface area contributed by atoms with Crippen LogP contribution in [0.5, 0.6) is 0 Å². The minimum atomic E-state index is 0.688. The Labute approximate surface area is 113 Å². The van der Waals surface area contributed by atoms with Crippen molar-refractivity contribution in [3.8, 4) is 0 Å². The van der Waals surface area contributed by atoms with Gasteiger partial charge < -0.3 is 5.32 Å². The summed E-state index contributed by atoms with van der Waals surface area (Å²) in [6.07, 6.45) is 5.33. The minimum Gasteiger partial charge on any atom is -0.312 e. The van der Waals surface area contributed by atoms with Crippen LogP contribution in [0.4, 0.5) is 0 Å². The summed E-state index contributed by atoms with van der Waals surface area (Å²) >= 11 is 0. The highest BCUT2D eigenvalue weighted by Gasteiger charge is 2.32. The number of nitrogens with zero attached hydrogens (tertiary/aromatic N) is 2. The van der Waals surface area contributed by atoms with Crippen molar-refractivity contribution in [2.45, 2.75) is 64.6 Å². The summed E-state index contributed by atoms with van der Waals surface area (Å²) in [4.78, 5) is 5.39. The van der Waals surface area contributed by atoms with Crippen LogP contribution in [0.2, 0.25) is 0 Å². The Morgan fingerprint density at radius 3 is 2.67 bits per heavy atom. The Morgan fingerprint density at radius 2 is 1.94 bits per heavy atom. The van der Waals surface area contributed by atoms with E-state index in [2.05, 4.69) is 35.9 Å². The number of piperazine rings is 1. The molecule has 2 atom stereocenters. The van der Waals surface area contributed by atoms with Crippen molar-refractivity contribution >= 4 is 0 Å². The lowest BCUT2D eigenvalue weighted by atomic mass is 10.1. The first-order chi connectivity index (χ1) is 8.74. The monoisotopic (exact) mass is 253 g/mol. The van der Waals surface area contributed by atoms with Gasteiger partial charge >= 0.3 is 0 Å². The van der Waals surface area contributed by atoms with E-state index in [0.717, 1.165) is 12.6 Å². The van der Waals surface area contributed by atoms with Gasteiger partial charge in [-0.2, -0.15) is 0 Å². The Bertz CT molecular complexity index is 240. The van der Waals surface area contributed by atoms with Crippen molar-refractivity contribution in [1.29, 1.82) is 0 Å². The number of rotatable bonds is 6. The lowest BCUT2D eigenvalue weighted by Crippen LogP contribution is -2.55. The van der Waals surface area contributed by atoms with E-state index in [1.807, 2.05) is 0 Å². The number of nitrogens with one attached hydrogen (secondary N) is 1. The molecular formula is C15H31N3. The van der Waals surface area contributed by atoms with E-state index in [0.29, 0.717) is 12.1 Å². The van der Waals surface area contributed by atoms with Crippen molar-refractivity contribution in [3.05, 3.63) is 0 Å². The van der Waals surface area contributed by atoms with Crippen molar-refractivity contribution in [1.82, 2.24) is 15.1 Å². The van der Waals surface area contributed by atoms with E-state index in [4.69, 9.17) is 0 Å². The van der Waals surface area contributed by atoms with Crippen LogP contribution in [-0.4, -0.2) is 60.6 Å². The van der Waals surface area contributed by atoms with E-state index >= 15 is 0 Å². The maximum Gasteiger partial charge on any atom is 0.0224 e. The van der Waals surface area contributed by atoms with E-state index in [9.17, 15) is 0 Å². The molecule has 18 heavy (non-hydrogen) atoms. The third kappa shape index (κ3) is 3.46. The van der Waals surface area contributed by atoms with Gasteiger partial charge in [-0.05, 0) is 39.2 Å². The third-order valence-electron chi connectivity index (χ3n) is 4.93. The lowest BCUT2D eigenvalue weighted by Gasteiger charge is -2.41. The first-order valence-electron chi connectivity index (χ1n) is 7.96. The molecular weight excluding hydrogens is 222 g/mol. The van der Waals surface area contributed by atoms with Crippen LogP contribution in [0.15, 0.2) is 0 Å². The van der Waals surface area contributed by atoms with Gasteiger partial charge in [0.25, 0.3) is 0 Å². The zero-order chi connectivity index (χ0) is 13.0. The van der Waals surface area contributed by atoms with Crippen molar-refractivity contribution < 1.29 is 0 Å². The molecule has 0 saturated carbocycles. The molecule has 0 spiro atoms. The van der Waals surface area contributed by atoms with Gasteiger partial charge in [0.2, 0.25) is 0 Å². The van der Waals surface area contributed by atoms with Gasteiger partial charge in [-0.15, -0.1) is 0 Å². The van der Waals surface area contributed by atoms with Crippen LogP contribution in [-0.2, 0) is 0 Å². The van der Waals surface area contributed by atoms with E-state index in [1.54, 1.807) is 0 Å². The molecule has 0 aromatic rings. The smallest absolute Gasteiger partial charge is 0.0224 e. The fraction of sp³-hybridized carbons (Fsp3) is 1.00. The van der Waals surface area contributed by atoms with Crippen LogP contribution in [0.25, 0.3) is 0 Å². The normalized spacial score (nSPS) is 27.7. The molecule has 0 bridgehead atoms. The van der Waals surface area contributed by atoms with Gasteiger partial charge in [0.15, 0.2) is 0 Å². The summed E-state index contributed by atoms with van der Waals surface area (Å²) in [5.41, 5.74) is 0. The van der Waals surface area contributed by atoms with E-state index < -0.39 is 0 Å². The summed E-state index contributed by atoms with van der Waals surface area (Å²) < 4.78 is 0. The van der Waals surface area contributed by atoms with Gasteiger partial charge in [0, 0.05) is 44.3 Å². The highest BCUT2D eigenvalue weighted by atomic mass is 15.3. The molecule has 2 rings (SSSR count). The lowest BCUT2D eigenvalue weighted by molar-refractivity contribution is 0.0758. The summed E-state index contributed by atoms with van der Waals surface area (Å²) in [7, 11) is 0. The standard InChI is InChI=1S/C15H31N3/c1-4-14(5-2)16-11-13(3)18-10-9-17-8-6-7-15(17)12-18/h13-16H,4-12H2,1-3H3. The SMILES string of the molecule is CCC(CC)NCC(C)N1CCN2CCCC2C1. The third-order valence-corrected chi connectivity index (χ3v) is 4.93. The van der Waals surface area contributed by atoms with Gasteiger partial charge in [0.1, 0.15) is 0 Å². The van der Waals surface area contributed by atoms with Gasteiger partial charge in [-0.1, -0.05) is 13.8 Å². The van der Waals surface area contributed by atoms with Crippen LogP contribution >= 0.6 is 0 Å². The van der Waals surface area contributed by atoms with Crippen LogP contribution in [0.3, 0.4) is 0 Å². The van der Waals surface area contributed by atoms with Gasteiger partial charge in [0.05, 0.1) is 0 Å². The Hall–Kier alpha value is -0.120. The maximum absolute atomic E-state index is 3.72. The Morgan fingerprint density at radius 1 is 1.17 bits per heavy atom. The van der Waals surface area contributed by atoms with Crippen molar-refractivity contribution in [3.63, 3.8) is 0 Å². The predicted octanol–water partition coefficient (Wildman–Crippen LogP) is 1.93. The average Bonchev–Trinajstić information content (AvgIpc) is 2.86. The van der Waals surface area contributed by atoms with Gasteiger partial charge in [-0.3, -0.25) is 9.80 Å². The van der Waals surface area contributed by atoms with Crippen LogP contribution < -0.4 is 5.32 Å². The van der Waals surface area contributed by atoms with Crippen molar-refractivity contribution in [2.75, 3.05) is 32.7 Å². The number of hydrogen-bond donors (Lipinski definition) is 1. The molecule has 2 saturated heterocycles. The van der Waals surface area contributed by atoms with Crippen LogP contribution in [0.1, 0.15) is 46.5 Å². The topological polar surface area (TPSA) is 18.5 Å². The quantitative estimate of drug-likeness (QED) is 0.780. The molecule has 0 amide bonds. The molecule has 2 heterocycles. The second kappa shape index (κ2) is 6.88. The Balaban J connectivity index is 1.73. The highest BCUT2D eigenvalue weighted by molar-refractivity contribution is 4.89. The molecule has 3 nitrogen and oxygen atoms in total. The molecule has 1 N–H and O–H groups in total. The Kier molecular flexibility index (Phi) is 5.46. The molecule has 2 aliphatic heterocycles. The van der Waals surface area contributed by atoms with Crippen molar-refractivity contribution in [2.24, 2.45) is 0 Å². The zero-order valence-electron chi connectivity index (χ0n) is 12.5. The largest absolute Gasteiger partial charge is 0.312 e. The average molecular weight is 253 g/mol. The molecule has 2 aliphatic rings. The fourth-order valence-electron chi connectivity index (χ4n) is 3.46. The number of fused-ring (bicyclic) bond motifs is 1. The second-order valence-electron chi connectivity index (χ2n) is 6.10. The minimum absolute atomic E-state index is 0.688. The molecule has 0 aliphatic carbocycles. The summed E-state index contributed by atoms with van der Waals surface area (Å²) in [6.45, 7) is 13.3. The molecule has 2 fully saturated rings. The summed E-state index contributed by atoms with van der Waals surface area (Å²) in [6, 6.07) is 2.25. The molecule has 0 aromatic carbocycles. The van der Waals surface area contributed by atoms with Gasteiger partial charge in [-0.25, -0.2) is 0 Å². The molecule has 0 aromatic heterocycles.